The van der Waals surface area contributed by atoms with Crippen LogP contribution in [0.25, 0.3) is 16.9 Å². The van der Waals surface area contributed by atoms with Crippen molar-refractivity contribution in [2.24, 2.45) is 0 Å². The van der Waals surface area contributed by atoms with Gasteiger partial charge in [0.2, 0.25) is 11.8 Å². The van der Waals surface area contributed by atoms with E-state index in [0.29, 0.717) is 18.1 Å². The van der Waals surface area contributed by atoms with Crippen LogP contribution in [0.3, 0.4) is 0 Å². The molecule has 4 rings (SSSR count). The van der Waals surface area contributed by atoms with E-state index in [4.69, 9.17) is 5.10 Å². The molecule has 1 N–H and O–H groups in total. The summed E-state index contributed by atoms with van der Waals surface area (Å²) < 4.78 is 1.74. The summed E-state index contributed by atoms with van der Waals surface area (Å²) in [5, 5.41) is 7.79. The third-order valence-electron chi connectivity index (χ3n) is 5.90. The van der Waals surface area contributed by atoms with E-state index in [1.54, 1.807) is 9.58 Å². The predicted molar refractivity (Wildman–Crippen MR) is 151 cm³/mol. The maximum atomic E-state index is 13.2. The van der Waals surface area contributed by atoms with E-state index in [-0.39, 0.29) is 18.4 Å². The zero-order valence-electron chi connectivity index (χ0n) is 21.3. The number of thioether (sulfide) groups is 1. The largest absolute Gasteiger partial charge is 0.333 e. The molecule has 190 valence electrons. The number of nitrogens with one attached hydrogen (secondary N) is 1. The van der Waals surface area contributed by atoms with Crippen LogP contribution >= 0.6 is 11.8 Å². The zero-order valence-corrected chi connectivity index (χ0v) is 22.1. The fraction of sp³-hybridized carbons (Fsp3) is 0.233. The van der Waals surface area contributed by atoms with Crippen molar-refractivity contribution in [3.8, 4) is 16.9 Å². The lowest BCUT2D eigenvalue weighted by Gasteiger charge is -2.22. The van der Waals surface area contributed by atoms with E-state index in [9.17, 15) is 9.59 Å². The molecule has 1 aromatic heterocycles. The van der Waals surface area contributed by atoms with Gasteiger partial charge in [-0.2, -0.15) is 5.10 Å². The lowest BCUT2D eigenvalue weighted by atomic mass is 10.1. The molecule has 0 aliphatic rings. The van der Waals surface area contributed by atoms with Crippen LogP contribution in [0.15, 0.2) is 95.9 Å². The number of aromatic nitrogens is 2. The number of carbonyl (C=O) groups excluding carboxylic acids is 2. The van der Waals surface area contributed by atoms with Crippen LogP contribution in [0, 0.1) is 6.92 Å². The van der Waals surface area contributed by atoms with Gasteiger partial charge in [0.05, 0.1) is 23.7 Å². The summed E-state index contributed by atoms with van der Waals surface area (Å²) >= 11 is 1.49. The van der Waals surface area contributed by atoms with Crippen molar-refractivity contribution in [1.29, 1.82) is 0 Å². The van der Waals surface area contributed by atoms with Crippen molar-refractivity contribution in [1.82, 2.24) is 14.7 Å². The summed E-state index contributed by atoms with van der Waals surface area (Å²) in [6, 6.07) is 29.5. The molecule has 1 heterocycles. The lowest BCUT2D eigenvalue weighted by molar-refractivity contribution is -0.132. The number of aryl methyl sites for hydroxylation is 1. The second-order valence-electron chi connectivity index (χ2n) is 8.85. The van der Waals surface area contributed by atoms with Gasteiger partial charge in [-0.1, -0.05) is 79.6 Å². The highest BCUT2D eigenvalue weighted by Gasteiger charge is 2.19. The number of hydrogen-bond donors (Lipinski definition) is 1. The molecule has 0 saturated carbocycles. The van der Waals surface area contributed by atoms with Crippen molar-refractivity contribution in [2.45, 2.75) is 31.6 Å². The summed E-state index contributed by atoms with van der Waals surface area (Å²) in [6.07, 6.45) is 1.78. The molecule has 0 unspecified atom stereocenters. The lowest BCUT2D eigenvalue weighted by Crippen LogP contribution is -2.39. The Balaban J connectivity index is 1.51. The van der Waals surface area contributed by atoms with Gasteiger partial charge in [-0.3, -0.25) is 9.59 Å². The molecule has 0 radical (unpaired) electrons. The molecular weight excluding hydrogens is 480 g/mol. The van der Waals surface area contributed by atoms with E-state index in [1.165, 1.54) is 11.8 Å². The number of unbranched alkanes of at least 4 members (excludes halogenated alkanes) is 1. The normalized spacial score (nSPS) is 10.8. The number of amides is 2. The Labute approximate surface area is 222 Å². The maximum Gasteiger partial charge on any atom is 0.245 e. The van der Waals surface area contributed by atoms with Crippen molar-refractivity contribution >= 4 is 29.4 Å². The van der Waals surface area contributed by atoms with E-state index in [1.807, 2.05) is 97.9 Å². The average molecular weight is 513 g/mol. The number of nitrogens with zero attached hydrogens (tertiary/aromatic N) is 3. The van der Waals surface area contributed by atoms with E-state index in [0.717, 1.165) is 40.2 Å². The summed E-state index contributed by atoms with van der Waals surface area (Å²) in [7, 11) is 0. The monoisotopic (exact) mass is 512 g/mol. The third-order valence-corrected chi connectivity index (χ3v) is 6.90. The van der Waals surface area contributed by atoms with Crippen LogP contribution in [0.5, 0.6) is 0 Å². The molecule has 0 spiro atoms. The van der Waals surface area contributed by atoms with Gasteiger partial charge >= 0.3 is 0 Å². The van der Waals surface area contributed by atoms with Crippen LogP contribution in [0.2, 0.25) is 0 Å². The minimum absolute atomic E-state index is 0.00602. The Hall–Kier alpha value is -3.84. The Morgan fingerprint density at radius 1 is 0.946 bits per heavy atom. The molecule has 2 amide bonds. The van der Waals surface area contributed by atoms with Gasteiger partial charge in [0.1, 0.15) is 5.82 Å². The van der Waals surface area contributed by atoms with E-state index >= 15 is 0 Å². The first-order valence-corrected chi connectivity index (χ1v) is 13.5. The van der Waals surface area contributed by atoms with Crippen LogP contribution in [0.1, 0.15) is 25.3 Å². The van der Waals surface area contributed by atoms with Gasteiger partial charge < -0.3 is 10.2 Å². The Morgan fingerprint density at radius 2 is 1.62 bits per heavy atom. The fourth-order valence-electron chi connectivity index (χ4n) is 3.85. The van der Waals surface area contributed by atoms with Gasteiger partial charge in [-0.25, -0.2) is 4.68 Å². The molecule has 0 aliphatic heterocycles. The number of rotatable bonds is 11. The molecular formula is C30H32N4O2S. The molecule has 7 heteroatoms. The van der Waals surface area contributed by atoms with Crippen molar-refractivity contribution in [3.63, 3.8) is 0 Å². The van der Waals surface area contributed by atoms with Crippen LogP contribution in [-0.4, -0.2) is 45.3 Å². The highest BCUT2D eigenvalue weighted by atomic mass is 32.2. The van der Waals surface area contributed by atoms with Gasteiger partial charge in [0, 0.05) is 23.1 Å². The second-order valence-corrected chi connectivity index (χ2v) is 9.90. The van der Waals surface area contributed by atoms with Gasteiger partial charge in [-0.15, -0.1) is 11.8 Å². The standard InChI is InChI=1S/C30H32N4O2S/c1-3-4-19-33(30(36)22-37-26-13-9-6-10-14-26)21-29(35)31-28-20-27(24-11-7-5-8-12-24)32-34(28)25-17-15-23(2)16-18-25/h5-18,20H,3-4,19,21-22H2,1-2H3,(H,31,35). The first kappa shape index (κ1) is 26.2. The molecule has 0 fully saturated rings. The first-order valence-electron chi connectivity index (χ1n) is 12.5. The van der Waals surface area contributed by atoms with Crippen molar-refractivity contribution < 1.29 is 9.59 Å². The highest BCUT2D eigenvalue weighted by Crippen LogP contribution is 2.25. The van der Waals surface area contributed by atoms with E-state index < -0.39 is 0 Å². The maximum absolute atomic E-state index is 13.2. The van der Waals surface area contributed by atoms with Gasteiger partial charge in [0.25, 0.3) is 0 Å². The number of hydrogen-bond acceptors (Lipinski definition) is 4. The highest BCUT2D eigenvalue weighted by molar-refractivity contribution is 8.00. The molecule has 37 heavy (non-hydrogen) atoms. The van der Waals surface area contributed by atoms with Crippen LogP contribution in [-0.2, 0) is 9.59 Å². The topological polar surface area (TPSA) is 67.2 Å². The number of benzene rings is 3. The second kappa shape index (κ2) is 12.9. The quantitative estimate of drug-likeness (QED) is 0.243. The molecule has 4 aromatic rings. The Kier molecular flexibility index (Phi) is 9.16. The van der Waals surface area contributed by atoms with Crippen molar-refractivity contribution in [2.75, 3.05) is 24.2 Å². The number of anilines is 1. The first-order chi connectivity index (χ1) is 18.0. The smallest absolute Gasteiger partial charge is 0.245 e. The Morgan fingerprint density at radius 3 is 2.30 bits per heavy atom. The van der Waals surface area contributed by atoms with E-state index in [2.05, 4.69) is 12.2 Å². The fourth-order valence-corrected chi connectivity index (χ4v) is 4.67. The minimum atomic E-state index is -0.248. The van der Waals surface area contributed by atoms with Gasteiger partial charge in [-0.05, 0) is 37.6 Å². The zero-order chi connectivity index (χ0) is 26.0. The summed E-state index contributed by atoms with van der Waals surface area (Å²) in [6.45, 7) is 4.65. The molecule has 3 aromatic carbocycles. The molecule has 0 atom stereocenters. The predicted octanol–water partition coefficient (Wildman–Crippen LogP) is 6.21. The van der Waals surface area contributed by atoms with Crippen molar-refractivity contribution in [3.05, 3.63) is 96.6 Å². The Bertz CT molecular complexity index is 1300. The van der Waals surface area contributed by atoms with Gasteiger partial charge in [0.15, 0.2) is 0 Å². The molecule has 6 nitrogen and oxygen atoms in total. The number of carbonyl (C=O) groups is 2. The summed E-state index contributed by atoms with van der Waals surface area (Å²) in [4.78, 5) is 28.9. The molecule has 0 bridgehead atoms. The van der Waals surface area contributed by atoms with Crippen LogP contribution < -0.4 is 5.32 Å². The summed E-state index contributed by atoms with van der Waals surface area (Å²) in [5.41, 5.74) is 3.71. The summed E-state index contributed by atoms with van der Waals surface area (Å²) in [5.74, 6) is 0.561. The average Bonchev–Trinajstić information content (AvgIpc) is 3.34. The third kappa shape index (κ3) is 7.33. The minimum Gasteiger partial charge on any atom is -0.333 e. The SMILES string of the molecule is CCCCN(CC(=O)Nc1cc(-c2ccccc2)nn1-c1ccc(C)cc1)C(=O)CSc1ccccc1. The van der Waals surface area contributed by atoms with Crippen LogP contribution in [0.4, 0.5) is 5.82 Å². The molecule has 0 saturated heterocycles. The molecule has 0 aliphatic carbocycles.